The maximum atomic E-state index is 12.3. The molecular formula is C27H29N3O3. The number of nitrogens with one attached hydrogen (secondary N) is 1. The van der Waals surface area contributed by atoms with Crippen LogP contribution in [-0.4, -0.2) is 35.7 Å². The Morgan fingerprint density at radius 3 is 2.61 bits per heavy atom. The van der Waals surface area contributed by atoms with Gasteiger partial charge in [0, 0.05) is 24.6 Å². The molecule has 3 aromatic carbocycles. The number of carbonyl (C=O) groups is 1. The van der Waals surface area contributed by atoms with Gasteiger partial charge in [0.05, 0.1) is 24.7 Å². The number of amides is 1. The SMILES string of the molecule is COc1cccc(OCCn2c(CCCNC(=O)c3ccc(C)cc3)nc3ccccc32)c1. The van der Waals surface area contributed by atoms with Gasteiger partial charge in [-0.15, -0.1) is 0 Å². The number of benzene rings is 3. The topological polar surface area (TPSA) is 65.4 Å². The number of rotatable bonds is 10. The Bertz CT molecular complexity index is 1220. The van der Waals surface area contributed by atoms with Crippen molar-refractivity contribution in [1.82, 2.24) is 14.9 Å². The van der Waals surface area contributed by atoms with Gasteiger partial charge in [-0.3, -0.25) is 4.79 Å². The molecule has 0 radical (unpaired) electrons. The minimum atomic E-state index is -0.0461. The van der Waals surface area contributed by atoms with Gasteiger partial charge in [-0.25, -0.2) is 4.98 Å². The second-order valence-electron chi connectivity index (χ2n) is 7.92. The summed E-state index contributed by atoms with van der Waals surface area (Å²) in [4.78, 5) is 17.2. The summed E-state index contributed by atoms with van der Waals surface area (Å²) in [5.41, 5.74) is 3.88. The molecule has 170 valence electrons. The number of carbonyl (C=O) groups excluding carboxylic acids is 1. The monoisotopic (exact) mass is 443 g/mol. The van der Waals surface area contributed by atoms with Crippen LogP contribution >= 0.6 is 0 Å². The van der Waals surface area contributed by atoms with Crippen molar-refractivity contribution in [2.24, 2.45) is 0 Å². The van der Waals surface area contributed by atoms with E-state index in [-0.39, 0.29) is 5.91 Å². The minimum Gasteiger partial charge on any atom is -0.497 e. The van der Waals surface area contributed by atoms with Crippen LogP contribution in [0.3, 0.4) is 0 Å². The van der Waals surface area contributed by atoms with Crippen LogP contribution in [0.5, 0.6) is 11.5 Å². The lowest BCUT2D eigenvalue weighted by atomic mass is 10.1. The molecule has 0 aliphatic rings. The maximum Gasteiger partial charge on any atom is 0.251 e. The molecule has 0 fully saturated rings. The van der Waals surface area contributed by atoms with Crippen molar-refractivity contribution in [1.29, 1.82) is 0 Å². The van der Waals surface area contributed by atoms with Crippen LogP contribution in [0.15, 0.2) is 72.8 Å². The van der Waals surface area contributed by atoms with Gasteiger partial charge in [-0.1, -0.05) is 35.9 Å². The largest absolute Gasteiger partial charge is 0.497 e. The molecule has 4 rings (SSSR count). The molecule has 0 spiro atoms. The zero-order valence-corrected chi connectivity index (χ0v) is 19.1. The lowest BCUT2D eigenvalue weighted by molar-refractivity contribution is 0.0953. The first-order chi connectivity index (χ1) is 16.1. The molecule has 0 saturated carbocycles. The molecule has 1 heterocycles. The fourth-order valence-electron chi connectivity index (χ4n) is 3.77. The van der Waals surface area contributed by atoms with Gasteiger partial charge in [-0.05, 0) is 49.7 Å². The first kappa shape index (κ1) is 22.4. The van der Waals surface area contributed by atoms with Gasteiger partial charge >= 0.3 is 0 Å². The third-order valence-corrected chi connectivity index (χ3v) is 5.53. The number of para-hydroxylation sites is 2. The van der Waals surface area contributed by atoms with Crippen LogP contribution in [0.1, 0.15) is 28.2 Å². The van der Waals surface area contributed by atoms with Gasteiger partial charge in [0.1, 0.15) is 23.9 Å². The summed E-state index contributed by atoms with van der Waals surface area (Å²) >= 11 is 0. The van der Waals surface area contributed by atoms with E-state index < -0.39 is 0 Å². The highest BCUT2D eigenvalue weighted by molar-refractivity contribution is 5.94. The summed E-state index contributed by atoms with van der Waals surface area (Å²) in [5.74, 6) is 2.50. The average molecular weight is 444 g/mol. The molecule has 0 bridgehead atoms. The Labute approximate surface area is 194 Å². The van der Waals surface area contributed by atoms with E-state index in [0.29, 0.717) is 25.3 Å². The molecule has 0 aliphatic carbocycles. The number of ether oxygens (including phenoxy) is 2. The third kappa shape index (κ3) is 5.71. The standard InChI is InChI=1S/C27H29N3O3/c1-20-12-14-21(15-13-20)27(31)28-16-6-11-26-29-24-9-3-4-10-25(24)30(26)17-18-33-23-8-5-7-22(19-23)32-2/h3-5,7-10,12-15,19H,6,11,16-18H2,1-2H3,(H,28,31). The zero-order valence-electron chi connectivity index (χ0n) is 19.1. The van der Waals surface area contributed by atoms with E-state index in [2.05, 4.69) is 16.0 Å². The van der Waals surface area contributed by atoms with Gasteiger partial charge in [0.15, 0.2) is 0 Å². The number of nitrogens with zero attached hydrogens (tertiary/aromatic N) is 2. The van der Waals surface area contributed by atoms with Crippen LogP contribution in [0, 0.1) is 6.92 Å². The predicted octanol–water partition coefficient (Wildman–Crippen LogP) is 4.79. The third-order valence-electron chi connectivity index (χ3n) is 5.53. The second-order valence-corrected chi connectivity index (χ2v) is 7.92. The Kier molecular flexibility index (Phi) is 7.25. The fourth-order valence-corrected chi connectivity index (χ4v) is 3.77. The minimum absolute atomic E-state index is 0.0461. The van der Waals surface area contributed by atoms with Crippen LogP contribution in [-0.2, 0) is 13.0 Å². The molecule has 0 unspecified atom stereocenters. The normalized spacial score (nSPS) is 10.8. The number of hydrogen-bond acceptors (Lipinski definition) is 4. The summed E-state index contributed by atoms with van der Waals surface area (Å²) in [7, 11) is 1.65. The molecule has 0 saturated heterocycles. The first-order valence-electron chi connectivity index (χ1n) is 11.2. The van der Waals surface area contributed by atoms with E-state index in [4.69, 9.17) is 14.5 Å². The van der Waals surface area contributed by atoms with Crippen molar-refractivity contribution < 1.29 is 14.3 Å². The number of imidazole rings is 1. The Balaban J connectivity index is 1.36. The smallest absolute Gasteiger partial charge is 0.251 e. The molecule has 1 amide bonds. The Morgan fingerprint density at radius 1 is 1.00 bits per heavy atom. The summed E-state index contributed by atoms with van der Waals surface area (Å²) in [6.45, 7) is 3.80. The predicted molar refractivity (Wildman–Crippen MR) is 130 cm³/mol. The average Bonchev–Trinajstić information content (AvgIpc) is 3.19. The van der Waals surface area contributed by atoms with Gasteiger partial charge in [-0.2, -0.15) is 0 Å². The first-order valence-corrected chi connectivity index (χ1v) is 11.2. The molecular weight excluding hydrogens is 414 g/mol. The second kappa shape index (κ2) is 10.7. The summed E-state index contributed by atoms with van der Waals surface area (Å²) in [6.07, 6.45) is 1.57. The molecule has 1 N–H and O–H groups in total. The summed E-state index contributed by atoms with van der Waals surface area (Å²) < 4.78 is 13.4. The number of aromatic nitrogens is 2. The molecule has 6 heteroatoms. The Morgan fingerprint density at radius 2 is 1.79 bits per heavy atom. The van der Waals surface area contributed by atoms with Crippen LogP contribution in [0.4, 0.5) is 0 Å². The molecule has 4 aromatic rings. The lowest BCUT2D eigenvalue weighted by Crippen LogP contribution is -2.25. The van der Waals surface area contributed by atoms with E-state index in [0.717, 1.165) is 46.8 Å². The number of fused-ring (bicyclic) bond motifs is 1. The highest BCUT2D eigenvalue weighted by atomic mass is 16.5. The van der Waals surface area contributed by atoms with Gasteiger partial charge < -0.3 is 19.4 Å². The van der Waals surface area contributed by atoms with Crippen LogP contribution < -0.4 is 14.8 Å². The lowest BCUT2D eigenvalue weighted by Gasteiger charge is -2.12. The van der Waals surface area contributed by atoms with Crippen molar-refractivity contribution in [2.75, 3.05) is 20.3 Å². The summed E-state index contributed by atoms with van der Waals surface area (Å²) in [5, 5.41) is 3.00. The van der Waals surface area contributed by atoms with Crippen molar-refractivity contribution in [2.45, 2.75) is 26.3 Å². The highest BCUT2D eigenvalue weighted by Crippen LogP contribution is 2.20. The highest BCUT2D eigenvalue weighted by Gasteiger charge is 2.11. The van der Waals surface area contributed by atoms with E-state index in [1.165, 1.54) is 0 Å². The number of hydrogen-bond donors (Lipinski definition) is 1. The van der Waals surface area contributed by atoms with E-state index in [1.54, 1.807) is 7.11 Å². The van der Waals surface area contributed by atoms with Gasteiger partial charge in [0.2, 0.25) is 0 Å². The van der Waals surface area contributed by atoms with Crippen molar-refractivity contribution in [3.63, 3.8) is 0 Å². The van der Waals surface area contributed by atoms with E-state index in [1.807, 2.05) is 73.7 Å². The fraction of sp³-hybridized carbons (Fsp3) is 0.259. The maximum absolute atomic E-state index is 12.3. The quantitative estimate of drug-likeness (QED) is 0.358. The molecule has 0 atom stereocenters. The Hall–Kier alpha value is -3.80. The molecule has 1 aromatic heterocycles. The zero-order chi connectivity index (χ0) is 23.0. The van der Waals surface area contributed by atoms with E-state index >= 15 is 0 Å². The van der Waals surface area contributed by atoms with Crippen molar-refractivity contribution in [3.05, 3.63) is 89.7 Å². The van der Waals surface area contributed by atoms with Gasteiger partial charge in [0.25, 0.3) is 5.91 Å². The number of aryl methyl sites for hydroxylation is 2. The molecule has 33 heavy (non-hydrogen) atoms. The molecule has 6 nitrogen and oxygen atoms in total. The van der Waals surface area contributed by atoms with E-state index in [9.17, 15) is 4.79 Å². The summed E-state index contributed by atoms with van der Waals surface area (Å²) in [6, 6.07) is 23.3. The van der Waals surface area contributed by atoms with Crippen molar-refractivity contribution in [3.8, 4) is 11.5 Å². The number of methoxy groups -OCH3 is 1. The molecule has 0 aliphatic heterocycles. The van der Waals surface area contributed by atoms with Crippen LogP contribution in [0.2, 0.25) is 0 Å². The van der Waals surface area contributed by atoms with Crippen molar-refractivity contribution >= 4 is 16.9 Å². The van der Waals surface area contributed by atoms with Crippen LogP contribution in [0.25, 0.3) is 11.0 Å².